The maximum Gasteiger partial charge on any atom is 0.0659 e. The van der Waals surface area contributed by atoms with E-state index >= 15 is 0 Å². The zero-order valence-corrected chi connectivity index (χ0v) is 11.2. The Balaban J connectivity index is 1.86. The minimum absolute atomic E-state index is 0.769. The summed E-state index contributed by atoms with van der Waals surface area (Å²) in [5, 5.41) is 7.85. The van der Waals surface area contributed by atoms with E-state index < -0.39 is 0 Å². The molecule has 1 saturated heterocycles. The second-order valence-electron chi connectivity index (χ2n) is 4.75. The number of rotatable bonds is 3. The summed E-state index contributed by atoms with van der Waals surface area (Å²) in [6.07, 6.45) is 5.02. The van der Waals surface area contributed by atoms with E-state index in [0.29, 0.717) is 0 Å². The number of ether oxygens (including phenoxy) is 1. The van der Waals surface area contributed by atoms with Gasteiger partial charge in [0, 0.05) is 22.7 Å². The fourth-order valence-electron chi connectivity index (χ4n) is 2.45. The van der Waals surface area contributed by atoms with Crippen LogP contribution in [-0.4, -0.2) is 42.5 Å². The topological polar surface area (TPSA) is 40.6 Å². The maximum absolute atomic E-state index is 5.32. The number of aryl methyl sites for hydroxylation is 1. The van der Waals surface area contributed by atoms with E-state index in [2.05, 4.69) is 40.2 Å². The number of aromatic amines is 1. The number of aromatic nitrogens is 1. The van der Waals surface area contributed by atoms with Gasteiger partial charge in [-0.3, -0.25) is 5.01 Å². The smallest absolute Gasteiger partial charge is 0.0659 e. The van der Waals surface area contributed by atoms with Gasteiger partial charge in [0.1, 0.15) is 0 Å². The lowest BCUT2D eigenvalue weighted by Gasteiger charge is -2.23. The minimum atomic E-state index is 0.769. The second-order valence-corrected chi connectivity index (χ2v) is 4.75. The van der Waals surface area contributed by atoms with E-state index in [4.69, 9.17) is 4.74 Å². The van der Waals surface area contributed by atoms with Gasteiger partial charge in [-0.2, -0.15) is 5.10 Å². The molecule has 1 aromatic heterocycles. The molecule has 0 bridgehead atoms. The normalized spacial score (nSPS) is 16.6. The molecule has 4 heteroatoms. The number of H-pyrrole nitrogens is 1. The monoisotopic (exact) mass is 257 g/mol. The molecule has 1 fully saturated rings. The lowest BCUT2D eigenvalue weighted by Crippen LogP contribution is -2.32. The molecule has 1 aliphatic heterocycles. The molecular weight excluding hydrogens is 238 g/mol. The highest BCUT2D eigenvalue weighted by atomic mass is 16.5. The Bertz CT molecular complexity index is 582. The molecule has 0 spiro atoms. The average Bonchev–Trinajstić information content (AvgIpc) is 2.89. The first kappa shape index (κ1) is 12.2. The summed E-state index contributed by atoms with van der Waals surface area (Å²) in [5.74, 6) is 0. The Morgan fingerprint density at radius 2 is 2.21 bits per heavy atom. The number of nitrogens with one attached hydrogen (secondary N) is 1. The predicted octanol–water partition coefficient (Wildman–Crippen LogP) is 2.40. The minimum Gasteiger partial charge on any atom is -0.378 e. The van der Waals surface area contributed by atoms with Crippen LogP contribution in [0.25, 0.3) is 10.9 Å². The van der Waals surface area contributed by atoms with E-state index in [1.165, 1.54) is 16.5 Å². The lowest BCUT2D eigenvalue weighted by molar-refractivity contribution is 0.0397. The van der Waals surface area contributed by atoms with Crippen LogP contribution in [0.15, 0.2) is 29.5 Å². The molecule has 100 valence electrons. The molecule has 1 aromatic carbocycles. The molecular formula is C15H19N3O. The van der Waals surface area contributed by atoms with Crippen molar-refractivity contribution in [2.45, 2.75) is 13.3 Å². The van der Waals surface area contributed by atoms with Gasteiger partial charge >= 0.3 is 0 Å². The standard InChI is InChI=1S/C15H19N3O/c1-2-12-4-3-5-14-13(10-16-15(12)14)11-17-18-6-8-19-9-7-18/h3-5,10-11,16H,2,6-9H2,1H3/b17-11+. The molecule has 0 amide bonds. The second kappa shape index (κ2) is 5.45. The number of morpholine rings is 1. The van der Waals surface area contributed by atoms with Crippen molar-refractivity contribution in [1.29, 1.82) is 0 Å². The van der Waals surface area contributed by atoms with Gasteiger partial charge in [-0.05, 0) is 12.0 Å². The van der Waals surface area contributed by atoms with E-state index in [1.807, 2.05) is 12.4 Å². The zero-order chi connectivity index (χ0) is 13.1. The summed E-state index contributed by atoms with van der Waals surface area (Å²) in [6, 6.07) is 6.43. The van der Waals surface area contributed by atoms with Gasteiger partial charge < -0.3 is 9.72 Å². The van der Waals surface area contributed by atoms with Crippen LogP contribution in [-0.2, 0) is 11.2 Å². The van der Waals surface area contributed by atoms with Crippen LogP contribution < -0.4 is 0 Å². The van der Waals surface area contributed by atoms with Crippen LogP contribution in [0.5, 0.6) is 0 Å². The van der Waals surface area contributed by atoms with Crippen LogP contribution in [0, 0.1) is 0 Å². The van der Waals surface area contributed by atoms with Crippen LogP contribution >= 0.6 is 0 Å². The quantitative estimate of drug-likeness (QED) is 0.858. The van der Waals surface area contributed by atoms with Crippen LogP contribution in [0.1, 0.15) is 18.1 Å². The number of para-hydroxylation sites is 1. The molecule has 0 saturated carbocycles. The first-order valence-electron chi connectivity index (χ1n) is 6.84. The number of hydrogen-bond acceptors (Lipinski definition) is 3. The summed E-state index contributed by atoms with van der Waals surface area (Å²) < 4.78 is 5.32. The summed E-state index contributed by atoms with van der Waals surface area (Å²) in [6.45, 7) is 5.46. The third-order valence-corrected chi connectivity index (χ3v) is 3.56. The van der Waals surface area contributed by atoms with Gasteiger partial charge in [-0.15, -0.1) is 0 Å². The van der Waals surface area contributed by atoms with Gasteiger partial charge in [0.05, 0.1) is 32.5 Å². The van der Waals surface area contributed by atoms with E-state index in [1.54, 1.807) is 0 Å². The van der Waals surface area contributed by atoms with Crippen molar-refractivity contribution in [3.63, 3.8) is 0 Å². The molecule has 1 N–H and O–H groups in total. The van der Waals surface area contributed by atoms with E-state index in [9.17, 15) is 0 Å². The van der Waals surface area contributed by atoms with E-state index in [-0.39, 0.29) is 0 Å². The molecule has 0 radical (unpaired) electrons. The fourth-order valence-corrected chi connectivity index (χ4v) is 2.45. The molecule has 0 unspecified atom stereocenters. The van der Waals surface area contributed by atoms with Crippen molar-refractivity contribution < 1.29 is 4.74 Å². The highest BCUT2D eigenvalue weighted by molar-refractivity contribution is 6.00. The van der Waals surface area contributed by atoms with Crippen molar-refractivity contribution in [2.24, 2.45) is 5.10 Å². The SMILES string of the molecule is CCc1cccc2c(/C=N/N3CCOCC3)c[nH]c12. The molecule has 1 aliphatic rings. The predicted molar refractivity (Wildman–Crippen MR) is 77.7 cm³/mol. The molecule has 2 heterocycles. The molecule has 4 nitrogen and oxygen atoms in total. The summed E-state index contributed by atoms with van der Waals surface area (Å²) in [4.78, 5) is 3.36. The Morgan fingerprint density at radius 3 is 3.00 bits per heavy atom. The number of nitrogens with zero attached hydrogens (tertiary/aromatic N) is 2. The molecule has 0 aliphatic carbocycles. The number of hydrazone groups is 1. The van der Waals surface area contributed by atoms with Gasteiger partial charge in [-0.1, -0.05) is 25.1 Å². The first-order valence-corrected chi connectivity index (χ1v) is 6.84. The molecule has 19 heavy (non-hydrogen) atoms. The first-order chi connectivity index (χ1) is 9.38. The summed E-state index contributed by atoms with van der Waals surface area (Å²) in [5.41, 5.74) is 3.73. The van der Waals surface area contributed by atoms with Gasteiger partial charge in [-0.25, -0.2) is 0 Å². The van der Waals surface area contributed by atoms with Gasteiger partial charge in [0.25, 0.3) is 0 Å². The van der Waals surface area contributed by atoms with Crippen LogP contribution in [0.4, 0.5) is 0 Å². The third-order valence-electron chi connectivity index (χ3n) is 3.56. The van der Waals surface area contributed by atoms with Crippen LogP contribution in [0.2, 0.25) is 0 Å². The third kappa shape index (κ3) is 2.49. The van der Waals surface area contributed by atoms with Gasteiger partial charge in [0.15, 0.2) is 0 Å². The maximum atomic E-state index is 5.32. The zero-order valence-electron chi connectivity index (χ0n) is 11.2. The van der Waals surface area contributed by atoms with Gasteiger partial charge in [0.2, 0.25) is 0 Å². The number of benzene rings is 1. The average molecular weight is 257 g/mol. The Labute approximate surface area is 113 Å². The Kier molecular flexibility index (Phi) is 3.51. The largest absolute Gasteiger partial charge is 0.378 e. The van der Waals surface area contributed by atoms with Crippen LogP contribution in [0.3, 0.4) is 0 Å². The van der Waals surface area contributed by atoms with Crippen molar-refractivity contribution >= 4 is 17.1 Å². The lowest BCUT2D eigenvalue weighted by atomic mass is 10.1. The van der Waals surface area contributed by atoms with E-state index in [0.717, 1.165) is 38.3 Å². The van der Waals surface area contributed by atoms with Crippen molar-refractivity contribution in [3.8, 4) is 0 Å². The molecule has 0 atom stereocenters. The summed E-state index contributed by atoms with van der Waals surface area (Å²) in [7, 11) is 0. The highest BCUT2D eigenvalue weighted by Crippen LogP contribution is 2.21. The Morgan fingerprint density at radius 1 is 1.37 bits per heavy atom. The number of fused-ring (bicyclic) bond motifs is 1. The summed E-state index contributed by atoms with van der Waals surface area (Å²) >= 11 is 0. The highest BCUT2D eigenvalue weighted by Gasteiger charge is 2.08. The van der Waals surface area contributed by atoms with Crippen molar-refractivity contribution in [3.05, 3.63) is 35.5 Å². The van der Waals surface area contributed by atoms with Crippen molar-refractivity contribution in [2.75, 3.05) is 26.3 Å². The number of hydrogen-bond donors (Lipinski definition) is 1. The van der Waals surface area contributed by atoms with Crippen molar-refractivity contribution in [1.82, 2.24) is 9.99 Å². The molecule has 2 aromatic rings. The Hall–Kier alpha value is -1.81. The fraction of sp³-hybridized carbons (Fsp3) is 0.400. The molecule has 3 rings (SSSR count).